The van der Waals surface area contributed by atoms with Crippen LogP contribution >= 0.6 is 0 Å². The van der Waals surface area contributed by atoms with E-state index in [1.54, 1.807) is 0 Å². The molecule has 0 aliphatic rings. The zero-order chi connectivity index (χ0) is 23.6. The van der Waals surface area contributed by atoms with Gasteiger partial charge in [-0.3, -0.25) is 4.79 Å². The lowest BCUT2D eigenvalue weighted by atomic mass is 9.99. The Bertz CT molecular complexity index is 1150. The number of aliphatic hydroxyl groups is 4. The highest BCUT2D eigenvalue weighted by atomic mass is 19.4. The highest BCUT2D eigenvalue weighted by Gasteiger charge is 2.38. The Hall–Kier alpha value is -3.19. The summed E-state index contributed by atoms with van der Waals surface area (Å²) in [5, 5.41) is 40.4. The molecule has 0 spiro atoms. The standard InChI is InChI=1S/C20H20F3N3O6/c21-20(22,23)16-10-4-3-9(25-13(7-27)17(30)18(31)14(29)8-28)6-12(10)26-19(32)15(16)11-2-1-5-24-11/h1-7,13-14,17-18,24-25,28-31H,8H2,(H,26,32)/t13-,14+,17+,18+/m1/s1. The summed E-state index contributed by atoms with van der Waals surface area (Å²) >= 11 is 0. The summed E-state index contributed by atoms with van der Waals surface area (Å²) in [6.07, 6.45) is -8.68. The van der Waals surface area contributed by atoms with Crippen molar-refractivity contribution >= 4 is 22.9 Å². The number of H-pyrrole nitrogens is 2. The second-order valence-corrected chi connectivity index (χ2v) is 7.08. The fourth-order valence-corrected chi connectivity index (χ4v) is 3.37. The number of fused-ring (bicyclic) bond motifs is 1. The second-order valence-electron chi connectivity index (χ2n) is 7.08. The van der Waals surface area contributed by atoms with Gasteiger partial charge in [0.1, 0.15) is 30.6 Å². The molecular formula is C20H20F3N3O6. The fourth-order valence-electron chi connectivity index (χ4n) is 3.37. The maximum absolute atomic E-state index is 13.9. The van der Waals surface area contributed by atoms with Gasteiger partial charge in [-0.15, -0.1) is 0 Å². The SMILES string of the molecule is O=C[C@@H](Nc1ccc2c(C(F)(F)F)c(-c3ccc[nH]3)c(=O)[nH]c2c1)[C@H](O)[C@@H](O)[C@@H](O)CO. The minimum atomic E-state index is -4.85. The molecule has 0 bridgehead atoms. The van der Waals surface area contributed by atoms with Crippen molar-refractivity contribution in [3.63, 3.8) is 0 Å². The number of hydrogen-bond acceptors (Lipinski definition) is 7. The highest BCUT2D eigenvalue weighted by molar-refractivity contribution is 5.91. The van der Waals surface area contributed by atoms with E-state index in [0.29, 0.717) is 0 Å². The molecule has 172 valence electrons. The minimum absolute atomic E-state index is 0.0109. The number of alkyl halides is 3. The molecule has 7 N–H and O–H groups in total. The Labute approximate surface area is 178 Å². The number of carbonyl (C=O) groups excluding carboxylic acids is 1. The molecule has 2 heterocycles. The first-order chi connectivity index (χ1) is 15.1. The van der Waals surface area contributed by atoms with Crippen LogP contribution in [0.15, 0.2) is 41.3 Å². The van der Waals surface area contributed by atoms with Crippen molar-refractivity contribution in [2.45, 2.75) is 30.5 Å². The smallest absolute Gasteiger partial charge is 0.394 e. The number of carbonyl (C=O) groups is 1. The Kier molecular flexibility index (Phi) is 6.69. The summed E-state index contributed by atoms with van der Waals surface area (Å²) in [5.74, 6) is 0. The van der Waals surface area contributed by atoms with Crippen molar-refractivity contribution in [2.75, 3.05) is 11.9 Å². The van der Waals surface area contributed by atoms with Crippen molar-refractivity contribution in [1.29, 1.82) is 0 Å². The van der Waals surface area contributed by atoms with Gasteiger partial charge in [0.25, 0.3) is 5.56 Å². The molecular weight excluding hydrogens is 435 g/mol. The third-order valence-electron chi connectivity index (χ3n) is 4.94. The molecule has 3 rings (SSSR count). The Morgan fingerprint density at radius 3 is 2.41 bits per heavy atom. The van der Waals surface area contributed by atoms with Crippen LogP contribution in [0.2, 0.25) is 0 Å². The van der Waals surface area contributed by atoms with E-state index < -0.39 is 53.8 Å². The third-order valence-corrected chi connectivity index (χ3v) is 4.94. The van der Waals surface area contributed by atoms with Crippen LogP contribution in [0.1, 0.15) is 5.56 Å². The van der Waals surface area contributed by atoms with Gasteiger partial charge >= 0.3 is 6.18 Å². The molecule has 4 atom stereocenters. The molecule has 3 aromatic rings. The van der Waals surface area contributed by atoms with E-state index in [9.17, 15) is 38.1 Å². The number of anilines is 1. The summed E-state index contributed by atoms with van der Waals surface area (Å²) in [6, 6.07) is 4.75. The quantitative estimate of drug-likeness (QED) is 0.245. The zero-order valence-electron chi connectivity index (χ0n) is 16.3. The second kappa shape index (κ2) is 9.12. The van der Waals surface area contributed by atoms with Crippen LogP contribution in [-0.4, -0.2) is 67.6 Å². The first-order valence-electron chi connectivity index (χ1n) is 9.36. The fraction of sp³-hybridized carbons (Fsp3) is 0.300. The first kappa shape index (κ1) is 23.5. The van der Waals surface area contributed by atoms with Gasteiger partial charge in [0, 0.05) is 17.3 Å². The molecule has 0 amide bonds. The molecule has 0 aliphatic heterocycles. The van der Waals surface area contributed by atoms with E-state index in [0.717, 1.165) is 12.1 Å². The van der Waals surface area contributed by atoms with Gasteiger partial charge in [0.15, 0.2) is 0 Å². The number of hydrogen-bond donors (Lipinski definition) is 7. The molecule has 0 saturated carbocycles. The summed E-state index contributed by atoms with van der Waals surface area (Å²) in [7, 11) is 0. The summed E-state index contributed by atoms with van der Waals surface area (Å²) < 4.78 is 41.7. The van der Waals surface area contributed by atoms with Gasteiger partial charge in [-0.05, 0) is 24.3 Å². The maximum atomic E-state index is 13.9. The molecule has 0 unspecified atom stereocenters. The molecule has 0 aliphatic carbocycles. The minimum Gasteiger partial charge on any atom is -0.394 e. The molecule has 1 aromatic carbocycles. The van der Waals surface area contributed by atoms with Gasteiger partial charge in [0.2, 0.25) is 0 Å². The van der Waals surface area contributed by atoms with Crippen molar-refractivity contribution in [1.82, 2.24) is 9.97 Å². The number of benzene rings is 1. The van der Waals surface area contributed by atoms with Crippen LogP contribution in [0.4, 0.5) is 18.9 Å². The van der Waals surface area contributed by atoms with Crippen LogP contribution in [0.5, 0.6) is 0 Å². The Balaban J connectivity index is 2.05. The number of rotatable bonds is 8. The van der Waals surface area contributed by atoms with E-state index in [2.05, 4.69) is 15.3 Å². The lowest BCUT2D eigenvalue weighted by Gasteiger charge is -2.27. The van der Waals surface area contributed by atoms with E-state index in [1.807, 2.05) is 0 Å². The maximum Gasteiger partial charge on any atom is 0.417 e. The number of aliphatic hydroxyl groups excluding tert-OH is 4. The molecule has 0 radical (unpaired) electrons. The third kappa shape index (κ3) is 4.53. The largest absolute Gasteiger partial charge is 0.417 e. The number of halogens is 3. The molecule has 12 heteroatoms. The zero-order valence-corrected chi connectivity index (χ0v) is 16.3. The number of aromatic amines is 2. The number of nitrogens with one attached hydrogen (secondary N) is 3. The van der Waals surface area contributed by atoms with Gasteiger partial charge in [-0.25, -0.2) is 0 Å². The van der Waals surface area contributed by atoms with Gasteiger partial charge in [-0.1, -0.05) is 6.07 Å². The van der Waals surface area contributed by atoms with Crippen LogP contribution < -0.4 is 10.9 Å². The number of aldehydes is 1. The van der Waals surface area contributed by atoms with Gasteiger partial charge in [0.05, 0.1) is 28.9 Å². The lowest BCUT2D eigenvalue weighted by molar-refractivity contribution is -0.135. The van der Waals surface area contributed by atoms with E-state index in [-0.39, 0.29) is 28.6 Å². The van der Waals surface area contributed by atoms with Crippen molar-refractivity contribution < 1.29 is 38.4 Å². The molecule has 2 aromatic heterocycles. The summed E-state index contributed by atoms with van der Waals surface area (Å²) in [5.41, 5.74) is -2.84. The van der Waals surface area contributed by atoms with Gasteiger partial charge in [-0.2, -0.15) is 13.2 Å². The first-order valence-corrected chi connectivity index (χ1v) is 9.36. The van der Waals surface area contributed by atoms with E-state index in [1.165, 1.54) is 24.4 Å². The topological polar surface area (TPSA) is 159 Å². The van der Waals surface area contributed by atoms with Gasteiger partial charge < -0.3 is 40.5 Å². The predicted octanol–water partition coefficient (Wildman–Crippen LogP) is 0.596. The van der Waals surface area contributed by atoms with Crippen molar-refractivity contribution in [3.05, 3.63) is 52.4 Å². The summed E-state index contributed by atoms with van der Waals surface area (Å²) in [4.78, 5) is 28.8. The Morgan fingerprint density at radius 2 is 1.84 bits per heavy atom. The van der Waals surface area contributed by atoms with Crippen LogP contribution in [0.3, 0.4) is 0 Å². The van der Waals surface area contributed by atoms with Crippen LogP contribution in [0, 0.1) is 0 Å². The van der Waals surface area contributed by atoms with Crippen molar-refractivity contribution in [3.8, 4) is 11.3 Å². The Morgan fingerprint density at radius 1 is 1.12 bits per heavy atom. The number of pyridine rings is 1. The van der Waals surface area contributed by atoms with Crippen molar-refractivity contribution in [2.24, 2.45) is 0 Å². The van der Waals surface area contributed by atoms with E-state index >= 15 is 0 Å². The lowest BCUT2D eigenvalue weighted by Crippen LogP contribution is -2.49. The van der Waals surface area contributed by atoms with Crippen LogP contribution in [-0.2, 0) is 11.0 Å². The average molecular weight is 455 g/mol. The summed E-state index contributed by atoms with van der Waals surface area (Å²) in [6.45, 7) is -0.871. The highest BCUT2D eigenvalue weighted by Crippen LogP contribution is 2.39. The van der Waals surface area contributed by atoms with E-state index in [4.69, 9.17) is 5.11 Å². The molecule has 9 nitrogen and oxygen atoms in total. The normalized spacial score (nSPS) is 15.8. The molecule has 0 fully saturated rings. The monoisotopic (exact) mass is 455 g/mol. The van der Waals surface area contributed by atoms with Crippen LogP contribution in [0.25, 0.3) is 22.2 Å². The average Bonchev–Trinajstić information content (AvgIpc) is 3.28. The predicted molar refractivity (Wildman–Crippen MR) is 108 cm³/mol. The molecule has 32 heavy (non-hydrogen) atoms. The molecule has 0 saturated heterocycles. The number of aromatic nitrogens is 2.